The lowest BCUT2D eigenvalue weighted by molar-refractivity contribution is -0.124. The molecule has 1 aliphatic rings. The number of hydrogen-bond donors (Lipinski definition) is 9. The number of aromatic amines is 3. The van der Waals surface area contributed by atoms with Gasteiger partial charge in [-0.2, -0.15) is 0 Å². The number of para-hydroxylation sites is 3. The molecule has 10 aromatic carbocycles. The average Bonchev–Trinajstić information content (AvgIpc) is 1.65. The number of H-pyrrole nitrogens is 3. The van der Waals surface area contributed by atoms with Crippen LogP contribution in [0.25, 0.3) is 43.8 Å². The van der Waals surface area contributed by atoms with Gasteiger partial charge in [-0.3, -0.25) is 28.8 Å². The highest BCUT2D eigenvalue weighted by atomic mass is 35.5. The van der Waals surface area contributed by atoms with E-state index in [4.69, 9.17) is 49.0 Å². The molecule has 9 N–H and O–H groups in total. The van der Waals surface area contributed by atoms with Crippen molar-refractivity contribution in [1.29, 1.82) is 0 Å². The Morgan fingerprint density at radius 3 is 1.09 bits per heavy atom. The number of amides is 6. The van der Waals surface area contributed by atoms with Gasteiger partial charge in [0.25, 0.3) is 23.6 Å². The Bertz CT molecular complexity index is 6490. The van der Waals surface area contributed by atoms with Gasteiger partial charge >= 0.3 is 0 Å². The van der Waals surface area contributed by atoms with Gasteiger partial charge in [0.05, 0.1) is 37.1 Å². The SMILES string of the molecule is Cc1cc(OCCCc2c(C(=O)NS(=O)(=O)CCNC(=O)C3Cc4ccccc4C3)[nH]c3ccccc23)cc(C)c1Cl.Cc1cc(OCCCc2c(C(=O)NS(=O)(=O)CCNC(=O)CCc3ccccc3)[nH]c3ccccc23)cc(C)c1Cl.Cc1cc(OCCCc2c(C(=O)NS(=O)(=O)CCNC(=O)c3cccc(-c4ccccc4)c3)[nH]c3ccccc23)cc(C)c1Cl. The van der Waals surface area contributed by atoms with E-state index in [-0.39, 0.29) is 60.9 Å². The second-order valence-corrected chi connectivity index (χ2v) is 38.2. The minimum atomic E-state index is -4.05. The second kappa shape index (κ2) is 44.0. The Morgan fingerprint density at radius 2 is 0.703 bits per heavy atom. The highest BCUT2D eigenvalue weighted by Crippen LogP contribution is 2.33. The number of sulfonamides is 3. The van der Waals surface area contributed by atoms with E-state index in [0.717, 1.165) is 117 Å². The van der Waals surface area contributed by atoms with Gasteiger partial charge in [-0.1, -0.05) is 186 Å². The molecule has 0 saturated carbocycles. The summed E-state index contributed by atoms with van der Waals surface area (Å²) in [6.45, 7) is 12.4. The third-order valence-corrected chi connectivity index (χ3v) is 27.3. The summed E-state index contributed by atoms with van der Waals surface area (Å²) in [5, 5.41) is 12.6. The zero-order chi connectivity index (χ0) is 91.2. The average molecular weight is 1850 g/mol. The fraction of sp³-hybridized carbons (Fsp3) is 0.265. The van der Waals surface area contributed by atoms with Gasteiger partial charge in [0, 0.05) is 85.3 Å². The fourth-order valence-corrected chi connectivity index (χ4v) is 18.3. The molecule has 0 radical (unpaired) electrons. The molecule has 0 atom stereocenters. The molecule has 0 unspecified atom stereocenters. The van der Waals surface area contributed by atoms with Crippen LogP contribution in [0.4, 0.5) is 0 Å². The van der Waals surface area contributed by atoms with Crippen LogP contribution in [0.5, 0.6) is 17.2 Å². The molecule has 3 heterocycles. The van der Waals surface area contributed by atoms with Crippen molar-refractivity contribution in [2.75, 3.05) is 56.7 Å². The van der Waals surface area contributed by atoms with Crippen molar-refractivity contribution < 1.29 is 68.2 Å². The molecular formula is C98H102Cl3N9O15S3. The Morgan fingerprint density at radius 1 is 0.367 bits per heavy atom. The summed E-state index contributed by atoms with van der Waals surface area (Å²) in [7, 11) is -12.0. The van der Waals surface area contributed by atoms with Gasteiger partial charge < -0.3 is 45.1 Å². The summed E-state index contributed by atoms with van der Waals surface area (Å²) in [4.78, 5) is 86.3. The fourth-order valence-electron chi connectivity index (χ4n) is 15.4. The lowest BCUT2D eigenvalue weighted by Crippen LogP contribution is -2.39. The van der Waals surface area contributed by atoms with Crippen LogP contribution in [0.2, 0.25) is 15.1 Å². The number of nitrogens with one attached hydrogen (secondary N) is 9. The molecule has 1 aliphatic carbocycles. The molecule has 668 valence electrons. The van der Waals surface area contributed by atoms with Crippen LogP contribution in [-0.2, 0) is 78.2 Å². The maximum absolute atomic E-state index is 13.2. The van der Waals surface area contributed by atoms with Gasteiger partial charge in [0.15, 0.2) is 0 Å². The first-order valence-electron chi connectivity index (χ1n) is 42.1. The van der Waals surface area contributed by atoms with Gasteiger partial charge in [-0.15, -0.1) is 0 Å². The molecule has 0 fully saturated rings. The van der Waals surface area contributed by atoms with Crippen molar-refractivity contribution in [3.8, 4) is 28.4 Å². The summed E-state index contributed by atoms with van der Waals surface area (Å²) in [6.07, 6.45) is 5.35. The first-order valence-corrected chi connectivity index (χ1v) is 48.1. The summed E-state index contributed by atoms with van der Waals surface area (Å²) in [5.74, 6) is -2.42. The number of hydrogen-bond acceptors (Lipinski definition) is 15. The first-order chi connectivity index (χ1) is 61.3. The van der Waals surface area contributed by atoms with Crippen LogP contribution in [0.15, 0.2) is 218 Å². The van der Waals surface area contributed by atoms with Crippen LogP contribution < -0.4 is 44.3 Å². The monoisotopic (exact) mass is 1850 g/mol. The zero-order valence-corrected chi connectivity index (χ0v) is 76.5. The van der Waals surface area contributed by atoms with Gasteiger partial charge in [0.2, 0.25) is 41.9 Å². The molecule has 0 spiro atoms. The van der Waals surface area contributed by atoms with Gasteiger partial charge in [0.1, 0.15) is 34.3 Å². The van der Waals surface area contributed by atoms with E-state index in [2.05, 4.69) is 45.1 Å². The van der Waals surface area contributed by atoms with Gasteiger partial charge in [-0.25, -0.2) is 39.4 Å². The molecule has 13 aromatic rings. The molecule has 14 rings (SSSR count). The molecule has 0 bridgehead atoms. The van der Waals surface area contributed by atoms with Crippen molar-refractivity contribution in [1.82, 2.24) is 45.1 Å². The van der Waals surface area contributed by atoms with Crippen LogP contribution in [-0.4, -0.2) is 132 Å². The summed E-state index contributed by atoms with van der Waals surface area (Å²) in [5.41, 5.74) is 16.1. The molecule has 6 amide bonds. The van der Waals surface area contributed by atoms with Gasteiger partial charge in [-0.05, 0) is 244 Å². The number of aryl methyl sites for hydroxylation is 10. The van der Waals surface area contributed by atoms with Crippen LogP contribution in [0.3, 0.4) is 0 Å². The number of rotatable bonds is 36. The number of fused-ring (bicyclic) bond motifs is 4. The molecule has 30 heteroatoms. The molecule has 3 aromatic heterocycles. The predicted octanol–water partition coefficient (Wildman–Crippen LogP) is 16.9. The minimum Gasteiger partial charge on any atom is -0.494 e. The summed E-state index contributed by atoms with van der Waals surface area (Å²) < 4.78 is 101. The lowest BCUT2D eigenvalue weighted by atomic mass is 10.0. The molecule has 128 heavy (non-hydrogen) atoms. The molecule has 0 aliphatic heterocycles. The van der Waals surface area contributed by atoms with E-state index in [1.54, 1.807) is 18.2 Å². The largest absolute Gasteiger partial charge is 0.494 e. The Hall–Kier alpha value is -12.2. The van der Waals surface area contributed by atoms with E-state index in [1.807, 2.05) is 242 Å². The van der Waals surface area contributed by atoms with E-state index >= 15 is 0 Å². The zero-order valence-electron chi connectivity index (χ0n) is 71.8. The van der Waals surface area contributed by atoms with Crippen LogP contribution in [0.1, 0.15) is 134 Å². The van der Waals surface area contributed by atoms with E-state index in [9.17, 15) is 54.0 Å². The predicted molar refractivity (Wildman–Crippen MR) is 505 cm³/mol. The topological polar surface area (TPSA) is 352 Å². The number of carbonyl (C=O) groups is 6. The normalized spacial score (nSPS) is 12.0. The van der Waals surface area contributed by atoms with E-state index in [1.165, 1.54) is 0 Å². The maximum atomic E-state index is 13.2. The van der Waals surface area contributed by atoms with E-state index in [0.29, 0.717) is 110 Å². The molecule has 24 nitrogen and oxygen atoms in total. The number of aromatic nitrogens is 3. The minimum absolute atomic E-state index is 0.0885. The van der Waals surface area contributed by atoms with Crippen molar-refractivity contribution in [2.24, 2.45) is 5.92 Å². The van der Waals surface area contributed by atoms with Crippen LogP contribution >= 0.6 is 34.8 Å². The number of benzene rings is 10. The summed E-state index contributed by atoms with van der Waals surface area (Å²) >= 11 is 18.8. The number of carbonyl (C=O) groups excluding carboxylic acids is 6. The number of halogens is 3. The number of ether oxygens (including phenoxy) is 3. The second-order valence-electron chi connectivity index (χ2n) is 31.5. The van der Waals surface area contributed by atoms with E-state index < -0.39 is 71.0 Å². The Kier molecular flexibility index (Phi) is 32.6. The highest BCUT2D eigenvalue weighted by Gasteiger charge is 2.30. The quantitative estimate of drug-likeness (QED) is 0.0165. The third kappa shape index (κ3) is 26.0. The Balaban J connectivity index is 0.000000174. The highest BCUT2D eigenvalue weighted by molar-refractivity contribution is 7.90. The summed E-state index contributed by atoms with van der Waals surface area (Å²) in [6, 6.07) is 67.9. The lowest BCUT2D eigenvalue weighted by Gasteiger charge is -2.12. The third-order valence-electron chi connectivity index (χ3n) is 21.8. The van der Waals surface area contributed by atoms with Crippen LogP contribution in [0, 0.1) is 47.5 Å². The molecule has 0 saturated heterocycles. The molecular weight excluding hydrogens is 1750 g/mol. The van der Waals surface area contributed by atoms with Crippen molar-refractivity contribution >= 4 is 133 Å². The van der Waals surface area contributed by atoms with Crippen molar-refractivity contribution in [3.63, 3.8) is 0 Å². The Labute approximate surface area is 760 Å². The standard InChI is InChI=1S/C35H34ClN3O5S.C32H34ClN3O5S.C31H34ClN3O5S/c1-23-20-28(21-24(2)32(23)36)44-18-9-15-30-29-14-6-7-16-31(29)38-33(30)35(41)39-45(42,43)19-17-37-34(40)27-13-8-12-26(22-27)25-10-4-3-5-11-25;1-20-16-25(17-21(2)29(20)33)41-14-7-11-27-26-10-5-6-12-28(26)35-30(27)32(38)36-42(39,40)15-13-34-31(37)24-18-22-8-3-4-9-23(22)19-24;1-21-19-24(20-22(2)29(21)32)40-17-8-12-26-25-11-6-7-13-27(25)34-30(26)31(37)35-41(38,39)18-16-33-28(36)15-14-23-9-4-3-5-10-23/h3-8,10-14,16,20-22,38H,9,15,17-19H2,1-2H3,(H,37,40)(H,39,41);3-6,8-10,12,16-17,24,35H,7,11,13-15,18-19H2,1-2H3,(H,34,37)(H,36,38);3-7,9-11,13,19-20,34H,8,12,14-18H2,1-2H3,(H,33,36)(H,35,37). The van der Waals surface area contributed by atoms with Crippen molar-refractivity contribution in [3.05, 3.63) is 323 Å². The smallest absolute Gasteiger partial charge is 0.281 e. The maximum Gasteiger partial charge on any atom is 0.281 e. The van der Waals surface area contributed by atoms with Crippen molar-refractivity contribution in [2.45, 2.75) is 106 Å². The first kappa shape index (κ1) is 94.9.